The number of nitrogens with one attached hydrogen (secondary N) is 1. The SMILES string of the molecule is O=C(Nc1ccccc1)N1C2CN(Cc3ccccc3)CC21. The standard InChI is InChI=1S/C18H19N3O/c22-18(19-15-9-5-2-6-10-15)21-16-12-20(13-17(16)21)11-14-7-3-1-4-8-14/h1-10,16-17H,11-13H2,(H,19,22). The Labute approximate surface area is 130 Å². The number of nitrogens with zero attached hydrogens (tertiary/aromatic N) is 2. The molecule has 0 aliphatic carbocycles. The van der Waals surface area contributed by atoms with E-state index in [2.05, 4.69) is 34.5 Å². The second-order valence-corrected chi connectivity index (χ2v) is 6.02. The van der Waals surface area contributed by atoms with Crippen LogP contribution in [0.3, 0.4) is 0 Å². The highest BCUT2D eigenvalue weighted by Crippen LogP contribution is 2.36. The van der Waals surface area contributed by atoms with E-state index >= 15 is 0 Å². The Morgan fingerprint density at radius 2 is 1.55 bits per heavy atom. The Balaban J connectivity index is 1.30. The molecule has 4 heteroatoms. The summed E-state index contributed by atoms with van der Waals surface area (Å²) in [6.45, 7) is 2.92. The van der Waals surface area contributed by atoms with Crippen LogP contribution in [0.25, 0.3) is 0 Å². The molecular formula is C18H19N3O. The van der Waals surface area contributed by atoms with Gasteiger partial charge in [0.2, 0.25) is 0 Å². The van der Waals surface area contributed by atoms with Gasteiger partial charge in [0.1, 0.15) is 0 Å². The van der Waals surface area contributed by atoms with E-state index in [-0.39, 0.29) is 6.03 Å². The molecule has 2 heterocycles. The summed E-state index contributed by atoms with van der Waals surface area (Å²) in [5.74, 6) is 0. The Kier molecular flexibility index (Phi) is 3.31. The summed E-state index contributed by atoms with van der Waals surface area (Å²) in [4.78, 5) is 16.6. The lowest BCUT2D eigenvalue weighted by Crippen LogP contribution is -2.33. The van der Waals surface area contributed by atoms with Crippen LogP contribution in [0.2, 0.25) is 0 Å². The number of urea groups is 1. The Hall–Kier alpha value is -2.33. The second-order valence-electron chi connectivity index (χ2n) is 6.02. The van der Waals surface area contributed by atoms with Crippen LogP contribution in [0, 0.1) is 0 Å². The summed E-state index contributed by atoms with van der Waals surface area (Å²) in [6, 6.07) is 20.9. The van der Waals surface area contributed by atoms with Crippen LogP contribution in [0.4, 0.5) is 10.5 Å². The van der Waals surface area contributed by atoms with Crippen LogP contribution in [0.15, 0.2) is 60.7 Å². The number of piperazine rings is 1. The van der Waals surface area contributed by atoms with Crippen molar-refractivity contribution in [2.24, 2.45) is 0 Å². The molecule has 0 aromatic heterocycles. The van der Waals surface area contributed by atoms with E-state index in [4.69, 9.17) is 0 Å². The van der Waals surface area contributed by atoms with Crippen molar-refractivity contribution >= 4 is 11.7 Å². The molecule has 4 nitrogen and oxygen atoms in total. The second kappa shape index (κ2) is 5.46. The highest BCUT2D eigenvalue weighted by atomic mass is 16.2. The molecule has 2 aromatic rings. The van der Waals surface area contributed by atoms with Crippen molar-refractivity contribution in [2.45, 2.75) is 18.6 Å². The molecule has 1 N–H and O–H groups in total. The van der Waals surface area contributed by atoms with Crippen molar-refractivity contribution in [1.82, 2.24) is 9.80 Å². The van der Waals surface area contributed by atoms with E-state index in [1.165, 1.54) is 5.56 Å². The summed E-state index contributed by atoms with van der Waals surface area (Å²) in [5.41, 5.74) is 2.20. The van der Waals surface area contributed by atoms with Gasteiger partial charge < -0.3 is 10.2 Å². The van der Waals surface area contributed by atoms with Crippen LogP contribution >= 0.6 is 0 Å². The summed E-state index contributed by atoms with van der Waals surface area (Å²) in [6.07, 6.45) is 0. The zero-order chi connectivity index (χ0) is 14.9. The third kappa shape index (κ3) is 2.57. The molecule has 2 atom stereocenters. The van der Waals surface area contributed by atoms with Crippen LogP contribution < -0.4 is 5.32 Å². The van der Waals surface area contributed by atoms with E-state index in [9.17, 15) is 4.79 Å². The Morgan fingerprint density at radius 1 is 0.955 bits per heavy atom. The van der Waals surface area contributed by atoms with Crippen LogP contribution in [0.1, 0.15) is 5.56 Å². The van der Waals surface area contributed by atoms with Crippen molar-refractivity contribution in [1.29, 1.82) is 0 Å². The summed E-state index contributed by atoms with van der Waals surface area (Å²) >= 11 is 0. The molecule has 2 fully saturated rings. The smallest absolute Gasteiger partial charge is 0.312 e. The fourth-order valence-electron chi connectivity index (χ4n) is 3.34. The van der Waals surface area contributed by atoms with Gasteiger partial charge in [0.15, 0.2) is 0 Å². The number of carbonyl (C=O) groups excluding carboxylic acids is 1. The first-order valence-corrected chi connectivity index (χ1v) is 7.72. The van der Waals surface area contributed by atoms with Crippen molar-refractivity contribution in [3.63, 3.8) is 0 Å². The maximum Gasteiger partial charge on any atom is 0.322 e. The molecule has 0 radical (unpaired) electrons. The van der Waals surface area contributed by atoms with E-state index in [0.717, 1.165) is 25.3 Å². The Morgan fingerprint density at radius 3 is 2.18 bits per heavy atom. The summed E-state index contributed by atoms with van der Waals surface area (Å²) in [7, 11) is 0. The van der Waals surface area contributed by atoms with Gasteiger partial charge in [-0.1, -0.05) is 48.5 Å². The van der Waals surface area contributed by atoms with E-state index in [1.807, 2.05) is 41.3 Å². The topological polar surface area (TPSA) is 35.4 Å². The maximum atomic E-state index is 12.2. The van der Waals surface area contributed by atoms with Gasteiger partial charge in [-0.2, -0.15) is 0 Å². The number of benzene rings is 2. The zero-order valence-corrected chi connectivity index (χ0v) is 12.4. The van der Waals surface area contributed by atoms with Crippen LogP contribution in [-0.4, -0.2) is 41.0 Å². The number of para-hydroxylation sites is 1. The number of hydrogen-bond donors (Lipinski definition) is 1. The van der Waals surface area contributed by atoms with Gasteiger partial charge in [-0.3, -0.25) is 4.90 Å². The Bertz CT molecular complexity index is 647. The average Bonchev–Trinajstić information content (AvgIpc) is 3.06. The minimum atomic E-state index is 0.0283. The first kappa shape index (κ1) is 13.3. The lowest BCUT2D eigenvalue weighted by atomic mass is 10.2. The number of amides is 2. The van der Waals surface area contributed by atoms with Gasteiger partial charge in [-0.15, -0.1) is 0 Å². The van der Waals surface area contributed by atoms with Crippen molar-refractivity contribution in [3.05, 3.63) is 66.2 Å². The van der Waals surface area contributed by atoms with E-state index in [0.29, 0.717) is 12.1 Å². The highest BCUT2D eigenvalue weighted by molar-refractivity contribution is 5.91. The molecule has 4 rings (SSSR count). The number of hydrogen-bond acceptors (Lipinski definition) is 2. The number of anilines is 1. The molecule has 0 bridgehead atoms. The molecular weight excluding hydrogens is 274 g/mol. The van der Waals surface area contributed by atoms with Gasteiger partial charge >= 0.3 is 6.03 Å². The molecule has 2 amide bonds. The van der Waals surface area contributed by atoms with Crippen molar-refractivity contribution in [3.8, 4) is 0 Å². The van der Waals surface area contributed by atoms with Gasteiger partial charge in [0.05, 0.1) is 12.1 Å². The lowest BCUT2D eigenvalue weighted by molar-refractivity contribution is 0.218. The molecule has 112 valence electrons. The molecule has 0 spiro atoms. The van der Waals surface area contributed by atoms with Crippen molar-refractivity contribution < 1.29 is 4.79 Å². The minimum absolute atomic E-state index is 0.0283. The highest BCUT2D eigenvalue weighted by Gasteiger charge is 2.56. The van der Waals surface area contributed by atoms with Gasteiger partial charge in [0, 0.05) is 25.3 Å². The first-order chi connectivity index (χ1) is 10.8. The van der Waals surface area contributed by atoms with Gasteiger partial charge in [-0.25, -0.2) is 4.79 Å². The summed E-state index contributed by atoms with van der Waals surface area (Å²) in [5, 5.41) is 2.97. The van der Waals surface area contributed by atoms with Gasteiger partial charge in [0.25, 0.3) is 0 Å². The molecule has 2 aliphatic rings. The van der Waals surface area contributed by atoms with Crippen molar-refractivity contribution in [2.75, 3.05) is 18.4 Å². The van der Waals surface area contributed by atoms with E-state index in [1.54, 1.807) is 0 Å². The normalized spacial score (nSPS) is 23.2. The van der Waals surface area contributed by atoms with Gasteiger partial charge in [-0.05, 0) is 17.7 Å². The molecule has 2 aromatic carbocycles. The minimum Gasteiger partial charge on any atom is -0.312 e. The fourth-order valence-corrected chi connectivity index (χ4v) is 3.34. The molecule has 2 unspecified atom stereocenters. The lowest BCUT2D eigenvalue weighted by Gasteiger charge is -2.20. The molecule has 0 saturated carbocycles. The molecule has 22 heavy (non-hydrogen) atoms. The zero-order valence-electron chi connectivity index (χ0n) is 12.4. The first-order valence-electron chi connectivity index (χ1n) is 7.72. The third-order valence-electron chi connectivity index (χ3n) is 4.47. The third-order valence-corrected chi connectivity index (χ3v) is 4.47. The fraction of sp³-hybridized carbons (Fsp3) is 0.278. The predicted molar refractivity (Wildman–Crippen MR) is 86.6 cm³/mol. The number of likely N-dealkylation sites (tertiary alicyclic amines) is 1. The maximum absolute atomic E-state index is 12.2. The largest absolute Gasteiger partial charge is 0.322 e. The van der Waals surface area contributed by atoms with Crippen LogP contribution in [-0.2, 0) is 6.54 Å². The quantitative estimate of drug-likeness (QED) is 0.883. The van der Waals surface area contributed by atoms with E-state index < -0.39 is 0 Å². The summed E-state index contributed by atoms with van der Waals surface area (Å²) < 4.78 is 0. The average molecular weight is 293 g/mol. The number of carbonyl (C=O) groups is 1. The predicted octanol–water partition coefficient (Wildman–Crippen LogP) is 2.79. The number of rotatable bonds is 3. The monoisotopic (exact) mass is 293 g/mol. The number of fused-ring (bicyclic) bond motifs is 1. The van der Waals surface area contributed by atoms with Crippen LogP contribution in [0.5, 0.6) is 0 Å². The molecule has 2 saturated heterocycles. The molecule has 2 aliphatic heterocycles.